The lowest BCUT2D eigenvalue weighted by atomic mass is 10.2. The Labute approximate surface area is 164 Å². The molecule has 0 spiro atoms. The first-order valence-corrected chi connectivity index (χ1v) is 9.19. The van der Waals surface area contributed by atoms with E-state index in [0.717, 1.165) is 4.47 Å². The summed E-state index contributed by atoms with van der Waals surface area (Å²) in [7, 11) is 0. The van der Waals surface area contributed by atoms with Gasteiger partial charge in [-0.05, 0) is 47.1 Å². The molecule has 0 aliphatic rings. The van der Waals surface area contributed by atoms with Gasteiger partial charge in [0.05, 0.1) is 16.7 Å². The van der Waals surface area contributed by atoms with Crippen LogP contribution in [0.5, 0.6) is 0 Å². The number of benzene rings is 1. The first kappa shape index (κ1) is 18.5. The van der Waals surface area contributed by atoms with E-state index in [1.807, 2.05) is 0 Å². The number of carbonyl (C=O) groups excluding carboxylic acids is 1. The molecule has 0 aliphatic carbocycles. The smallest absolute Gasteiger partial charge is 0.349 e. The van der Waals surface area contributed by atoms with Crippen LogP contribution in [0.25, 0.3) is 11.0 Å². The summed E-state index contributed by atoms with van der Waals surface area (Å²) in [6.07, 6.45) is 0. The Morgan fingerprint density at radius 2 is 2.00 bits per heavy atom. The number of nitrogens with zero attached hydrogens (tertiary/aromatic N) is 2. The van der Waals surface area contributed by atoms with E-state index in [1.165, 1.54) is 16.8 Å². The molecular weight excluding hydrogens is 470 g/mol. The fourth-order valence-electron chi connectivity index (χ4n) is 2.40. The van der Waals surface area contributed by atoms with Gasteiger partial charge in [0.2, 0.25) is 0 Å². The minimum absolute atomic E-state index is 0.105. The number of carbonyl (C=O) groups is 1. The summed E-state index contributed by atoms with van der Waals surface area (Å²) in [5.74, 6) is -0.572. The first-order chi connectivity index (χ1) is 12.3. The highest BCUT2D eigenvalue weighted by Gasteiger charge is 2.15. The van der Waals surface area contributed by atoms with E-state index in [9.17, 15) is 14.4 Å². The number of rotatable bonds is 4. The van der Waals surface area contributed by atoms with E-state index >= 15 is 0 Å². The molecule has 0 radical (unpaired) electrons. The number of halogens is 2. The molecule has 0 bridgehead atoms. The Morgan fingerprint density at radius 1 is 1.23 bits per heavy atom. The lowest BCUT2D eigenvalue weighted by Crippen LogP contribution is -2.34. The molecule has 2 aromatic heterocycles. The molecule has 0 unspecified atom stereocenters. The molecule has 26 heavy (non-hydrogen) atoms. The minimum atomic E-state index is -0.733. The zero-order valence-electron chi connectivity index (χ0n) is 13.6. The molecule has 1 amide bonds. The second kappa shape index (κ2) is 7.55. The summed E-state index contributed by atoms with van der Waals surface area (Å²) in [5, 5.41) is 7.29. The summed E-state index contributed by atoms with van der Waals surface area (Å²) >= 11 is 6.68. The van der Waals surface area contributed by atoms with Gasteiger partial charge >= 0.3 is 5.63 Å². The molecule has 2 heterocycles. The summed E-state index contributed by atoms with van der Waals surface area (Å²) in [5.41, 5.74) is -0.0341. The summed E-state index contributed by atoms with van der Waals surface area (Å²) in [4.78, 5) is 36.1. The predicted molar refractivity (Wildman–Crippen MR) is 103 cm³/mol. The Kier molecular flexibility index (Phi) is 5.38. The van der Waals surface area contributed by atoms with Crippen LogP contribution in [0.4, 0.5) is 0 Å². The zero-order valence-corrected chi connectivity index (χ0v) is 16.8. The van der Waals surface area contributed by atoms with Gasteiger partial charge in [0.15, 0.2) is 5.58 Å². The van der Waals surface area contributed by atoms with Crippen molar-refractivity contribution in [2.75, 3.05) is 6.54 Å². The van der Waals surface area contributed by atoms with Crippen LogP contribution in [-0.4, -0.2) is 22.2 Å². The van der Waals surface area contributed by atoms with E-state index in [4.69, 9.17) is 4.42 Å². The maximum absolute atomic E-state index is 12.3. The molecule has 3 aromatic rings. The summed E-state index contributed by atoms with van der Waals surface area (Å²) < 4.78 is 7.89. The molecule has 7 nitrogen and oxygen atoms in total. The fraction of sp³-hybridized carbons (Fsp3) is 0.176. The van der Waals surface area contributed by atoms with Crippen molar-refractivity contribution >= 4 is 48.7 Å². The van der Waals surface area contributed by atoms with Crippen molar-refractivity contribution in [2.24, 2.45) is 0 Å². The third-order valence-electron chi connectivity index (χ3n) is 3.61. The van der Waals surface area contributed by atoms with Crippen molar-refractivity contribution in [1.29, 1.82) is 0 Å². The molecular formula is C17H13Br2N3O4. The van der Waals surface area contributed by atoms with Gasteiger partial charge in [-0.2, -0.15) is 5.10 Å². The van der Waals surface area contributed by atoms with Crippen molar-refractivity contribution in [3.63, 3.8) is 0 Å². The molecule has 0 saturated carbocycles. The molecule has 9 heteroatoms. The number of hydrogen-bond donors (Lipinski definition) is 1. The quantitative estimate of drug-likeness (QED) is 0.577. The Balaban J connectivity index is 1.79. The Hall–Kier alpha value is -2.26. The lowest BCUT2D eigenvalue weighted by Gasteiger charge is -2.08. The van der Waals surface area contributed by atoms with Gasteiger partial charge in [-0.1, -0.05) is 15.9 Å². The van der Waals surface area contributed by atoms with E-state index in [2.05, 4.69) is 42.3 Å². The molecule has 0 aliphatic heterocycles. The van der Waals surface area contributed by atoms with Crippen LogP contribution < -0.4 is 16.5 Å². The Morgan fingerprint density at radius 3 is 2.77 bits per heavy atom. The normalized spacial score (nSPS) is 10.9. The SMILES string of the molecule is Cc1ccc(=O)n(CCNC(=O)c2cc3cc(Br)cc(Br)c3oc2=O)n1. The standard InChI is InChI=1S/C17H13Br2N3O4/c1-9-2-3-14(23)22(21-9)5-4-20-16(24)12-7-10-6-11(18)8-13(19)15(10)26-17(12)25/h2-3,6-8H,4-5H2,1H3,(H,20,24). The molecule has 1 N–H and O–H groups in total. The van der Waals surface area contributed by atoms with Crippen LogP contribution in [0.1, 0.15) is 16.1 Å². The van der Waals surface area contributed by atoms with Crippen molar-refractivity contribution in [2.45, 2.75) is 13.5 Å². The number of aryl methyl sites for hydroxylation is 1. The van der Waals surface area contributed by atoms with Crippen molar-refractivity contribution in [3.8, 4) is 0 Å². The molecule has 134 valence electrons. The van der Waals surface area contributed by atoms with Crippen LogP contribution in [0.15, 0.2) is 53.3 Å². The summed E-state index contributed by atoms with van der Waals surface area (Å²) in [6.45, 7) is 2.11. The maximum Gasteiger partial charge on any atom is 0.349 e. The van der Waals surface area contributed by atoms with Crippen LogP contribution in [-0.2, 0) is 6.54 Å². The number of aromatic nitrogens is 2. The van der Waals surface area contributed by atoms with Gasteiger partial charge in [-0.3, -0.25) is 9.59 Å². The van der Waals surface area contributed by atoms with Crippen molar-refractivity contribution < 1.29 is 9.21 Å². The van der Waals surface area contributed by atoms with E-state index in [-0.39, 0.29) is 24.2 Å². The minimum Gasteiger partial charge on any atom is -0.421 e. The highest BCUT2D eigenvalue weighted by Crippen LogP contribution is 2.27. The molecule has 3 rings (SSSR count). The highest BCUT2D eigenvalue weighted by atomic mass is 79.9. The van der Waals surface area contributed by atoms with Crippen LogP contribution in [0.3, 0.4) is 0 Å². The van der Waals surface area contributed by atoms with Gasteiger partial charge in [-0.25, -0.2) is 9.48 Å². The van der Waals surface area contributed by atoms with E-state index in [0.29, 0.717) is 21.1 Å². The lowest BCUT2D eigenvalue weighted by molar-refractivity contribution is 0.0948. The number of nitrogens with one attached hydrogen (secondary N) is 1. The van der Waals surface area contributed by atoms with Gasteiger partial charge in [0.25, 0.3) is 11.5 Å². The van der Waals surface area contributed by atoms with Crippen LogP contribution >= 0.6 is 31.9 Å². The van der Waals surface area contributed by atoms with Gasteiger partial charge in [0, 0.05) is 22.5 Å². The van der Waals surface area contributed by atoms with E-state index in [1.54, 1.807) is 25.1 Å². The average Bonchev–Trinajstić information content (AvgIpc) is 2.58. The first-order valence-electron chi connectivity index (χ1n) is 7.61. The van der Waals surface area contributed by atoms with Crippen molar-refractivity contribution in [1.82, 2.24) is 15.1 Å². The summed E-state index contributed by atoms with van der Waals surface area (Å²) in [6, 6.07) is 8.00. The fourth-order valence-corrected chi connectivity index (χ4v) is 3.74. The van der Waals surface area contributed by atoms with Crippen molar-refractivity contribution in [3.05, 3.63) is 71.3 Å². The van der Waals surface area contributed by atoms with Crippen LogP contribution in [0.2, 0.25) is 0 Å². The molecule has 0 fully saturated rings. The largest absolute Gasteiger partial charge is 0.421 e. The van der Waals surface area contributed by atoms with Gasteiger partial charge in [-0.15, -0.1) is 0 Å². The maximum atomic E-state index is 12.3. The number of fused-ring (bicyclic) bond motifs is 1. The Bertz CT molecular complexity index is 1120. The van der Waals surface area contributed by atoms with Gasteiger partial charge < -0.3 is 9.73 Å². The third kappa shape index (κ3) is 3.94. The second-order valence-electron chi connectivity index (χ2n) is 5.55. The molecule has 0 saturated heterocycles. The van der Waals surface area contributed by atoms with Crippen LogP contribution in [0, 0.1) is 6.92 Å². The van der Waals surface area contributed by atoms with Gasteiger partial charge in [0.1, 0.15) is 5.56 Å². The topological polar surface area (TPSA) is 94.2 Å². The predicted octanol–water partition coefficient (Wildman–Crippen LogP) is 2.61. The zero-order chi connectivity index (χ0) is 18.8. The third-order valence-corrected chi connectivity index (χ3v) is 4.65. The molecule has 0 atom stereocenters. The monoisotopic (exact) mass is 481 g/mol. The highest BCUT2D eigenvalue weighted by molar-refractivity contribution is 9.11. The molecule has 1 aromatic carbocycles. The van der Waals surface area contributed by atoms with E-state index < -0.39 is 11.5 Å². The average molecular weight is 483 g/mol. The second-order valence-corrected chi connectivity index (χ2v) is 7.32. The number of hydrogen-bond acceptors (Lipinski definition) is 5. The number of amides is 1.